The van der Waals surface area contributed by atoms with Crippen LogP contribution in [0.4, 0.5) is 4.39 Å². The Hall–Kier alpha value is -1.33. The molecule has 3 nitrogen and oxygen atoms in total. The second-order valence-electron chi connectivity index (χ2n) is 4.57. The Morgan fingerprint density at radius 3 is 2.55 bits per heavy atom. The van der Waals surface area contributed by atoms with Gasteiger partial charge >= 0.3 is 0 Å². The summed E-state index contributed by atoms with van der Waals surface area (Å²) >= 11 is 5.99. The van der Waals surface area contributed by atoms with Gasteiger partial charge in [0.1, 0.15) is 18.2 Å². The van der Waals surface area contributed by atoms with Crippen LogP contribution in [0, 0.1) is 5.82 Å². The van der Waals surface area contributed by atoms with E-state index in [1.807, 2.05) is 12.1 Å². The standard InChI is InChI=1S/C16H17ClFNO2.ClH/c17-14-3-6-16(13(9-14)10-19-7-8-20)21-11-12-1-4-15(18)5-2-12;/h1-6,9,19-20H,7-8,10-11H2;1H. The number of ether oxygens (including phenoxy) is 1. The molecule has 6 heteroatoms. The molecule has 2 rings (SSSR count). The average Bonchev–Trinajstić information content (AvgIpc) is 2.48. The molecule has 22 heavy (non-hydrogen) atoms. The molecule has 0 aliphatic heterocycles. The normalized spacial score (nSPS) is 10.1. The average molecular weight is 346 g/mol. The molecule has 2 aromatic rings. The van der Waals surface area contributed by atoms with Crippen molar-refractivity contribution in [2.75, 3.05) is 13.2 Å². The highest BCUT2D eigenvalue weighted by molar-refractivity contribution is 6.30. The predicted molar refractivity (Wildman–Crippen MR) is 88.2 cm³/mol. The molecular weight excluding hydrogens is 328 g/mol. The molecule has 120 valence electrons. The number of aliphatic hydroxyl groups excluding tert-OH is 1. The van der Waals surface area contributed by atoms with Gasteiger partial charge in [0.15, 0.2) is 0 Å². The third-order valence-electron chi connectivity index (χ3n) is 2.93. The van der Waals surface area contributed by atoms with Gasteiger partial charge in [-0.2, -0.15) is 0 Å². The van der Waals surface area contributed by atoms with Crippen LogP contribution in [-0.2, 0) is 13.2 Å². The summed E-state index contributed by atoms with van der Waals surface area (Å²) in [6, 6.07) is 11.6. The van der Waals surface area contributed by atoms with Gasteiger partial charge in [0.25, 0.3) is 0 Å². The molecule has 0 aromatic heterocycles. The smallest absolute Gasteiger partial charge is 0.124 e. The van der Waals surface area contributed by atoms with Crippen molar-refractivity contribution in [1.29, 1.82) is 0 Å². The molecule has 0 saturated carbocycles. The first-order valence-electron chi connectivity index (χ1n) is 6.66. The molecule has 0 bridgehead atoms. The third-order valence-corrected chi connectivity index (χ3v) is 3.17. The minimum Gasteiger partial charge on any atom is -0.489 e. The zero-order valence-corrected chi connectivity index (χ0v) is 13.5. The van der Waals surface area contributed by atoms with Gasteiger partial charge in [-0.3, -0.25) is 0 Å². The van der Waals surface area contributed by atoms with E-state index < -0.39 is 0 Å². The molecule has 2 N–H and O–H groups in total. The van der Waals surface area contributed by atoms with E-state index in [0.29, 0.717) is 30.5 Å². The Morgan fingerprint density at radius 1 is 1.14 bits per heavy atom. The van der Waals surface area contributed by atoms with Crippen molar-refractivity contribution in [3.63, 3.8) is 0 Å². The fourth-order valence-electron chi connectivity index (χ4n) is 1.87. The van der Waals surface area contributed by atoms with E-state index in [9.17, 15) is 4.39 Å². The fraction of sp³-hybridized carbons (Fsp3) is 0.250. The molecule has 0 aliphatic rings. The second kappa shape index (κ2) is 9.64. The third kappa shape index (κ3) is 5.81. The number of benzene rings is 2. The Morgan fingerprint density at radius 2 is 1.86 bits per heavy atom. The van der Waals surface area contributed by atoms with Crippen LogP contribution < -0.4 is 10.1 Å². The lowest BCUT2D eigenvalue weighted by atomic mass is 10.2. The van der Waals surface area contributed by atoms with Crippen molar-refractivity contribution in [3.8, 4) is 5.75 Å². The van der Waals surface area contributed by atoms with Crippen LogP contribution in [-0.4, -0.2) is 18.3 Å². The number of hydrogen-bond acceptors (Lipinski definition) is 3. The van der Waals surface area contributed by atoms with Crippen molar-refractivity contribution in [1.82, 2.24) is 5.32 Å². The highest BCUT2D eigenvalue weighted by atomic mass is 35.5. The van der Waals surface area contributed by atoms with E-state index >= 15 is 0 Å². The zero-order chi connectivity index (χ0) is 15.1. The lowest BCUT2D eigenvalue weighted by Gasteiger charge is -2.12. The van der Waals surface area contributed by atoms with Crippen molar-refractivity contribution >= 4 is 24.0 Å². The second-order valence-corrected chi connectivity index (χ2v) is 5.00. The first-order valence-corrected chi connectivity index (χ1v) is 7.04. The number of halogens is 3. The van der Waals surface area contributed by atoms with Crippen LogP contribution in [0.3, 0.4) is 0 Å². The van der Waals surface area contributed by atoms with Crippen molar-refractivity contribution in [2.45, 2.75) is 13.2 Å². The van der Waals surface area contributed by atoms with Gasteiger partial charge in [-0.1, -0.05) is 23.7 Å². The summed E-state index contributed by atoms with van der Waals surface area (Å²) in [4.78, 5) is 0. The van der Waals surface area contributed by atoms with E-state index in [1.54, 1.807) is 18.2 Å². The van der Waals surface area contributed by atoms with Gasteiger partial charge < -0.3 is 15.2 Å². The molecular formula is C16H18Cl2FNO2. The summed E-state index contributed by atoms with van der Waals surface area (Å²) in [6.07, 6.45) is 0. The van der Waals surface area contributed by atoms with E-state index in [1.165, 1.54) is 12.1 Å². The first kappa shape index (κ1) is 18.7. The number of nitrogens with one attached hydrogen (secondary N) is 1. The maximum atomic E-state index is 12.8. The summed E-state index contributed by atoms with van der Waals surface area (Å²) in [5, 5.41) is 12.5. The molecule has 0 radical (unpaired) electrons. The van der Waals surface area contributed by atoms with E-state index in [-0.39, 0.29) is 24.8 Å². The van der Waals surface area contributed by atoms with Crippen LogP contribution in [0.5, 0.6) is 5.75 Å². The number of aliphatic hydroxyl groups is 1. The largest absolute Gasteiger partial charge is 0.489 e. The maximum absolute atomic E-state index is 12.8. The minimum atomic E-state index is -0.265. The first-order chi connectivity index (χ1) is 10.2. The maximum Gasteiger partial charge on any atom is 0.124 e. The number of rotatable bonds is 7. The molecule has 0 amide bonds. The van der Waals surface area contributed by atoms with Crippen LogP contribution in [0.1, 0.15) is 11.1 Å². The van der Waals surface area contributed by atoms with Gasteiger partial charge in [0.05, 0.1) is 6.61 Å². The lowest BCUT2D eigenvalue weighted by molar-refractivity contribution is 0.288. The van der Waals surface area contributed by atoms with Gasteiger partial charge in [0, 0.05) is 23.7 Å². The van der Waals surface area contributed by atoms with Crippen molar-refractivity contribution < 1.29 is 14.2 Å². The molecule has 0 unspecified atom stereocenters. The number of hydrogen-bond donors (Lipinski definition) is 2. The lowest BCUT2D eigenvalue weighted by Crippen LogP contribution is -2.18. The van der Waals surface area contributed by atoms with E-state index in [4.69, 9.17) is 21.4 Å². The van der Waals surface area contributed by atoms with Crippen molar-refractivity contribution in [3.05, 3.63) is 64.4 Å². The molecule has 0 fully saturated rings. The van der Waals surface area contributed by atoms with Crippen LogP contribution in [0.15, 0.2) is 42.5 Å². The molecule has 0 saturated heterocycles. The Kier molecular flexibility index (Phi) is 8.20. The quantitative estimate of drug-likeness (QED) is 0.754. The predicted octanol–water partition coefficient (Wildman–Crippen LogP) is 3.56. The summed E-state index contributed by atoms with van der Waals surface area (Å²) in [5.41, 5.74) is 1.80. The van der Waals surface area contributed by atoms with Crippen molar-refractivity contribution in [2.24, 2.45) is 0 Å². The fourth-order valence-corrected chi connectivity index (χ4v) is 2.07. The molecule has 0 spiro atoms. The van der Waals surface area contributed by atoms with Gasteiger partial charge in [-0.05, 0) is 35.9 Å². The summed E-state index contributed by atoms with van der Waals surface area (Å²) in [5.74, 6) is 0.452. The van der Waals surface area contributed by atoms with E-state index in [2.05, 4.69) is 5.32 Å². The SMILES string of the molecule is Cl.OCCNCc1cc(Cl)ccc1OCc1ccc(F)cc1. The van der Waals surface area contributed by atoms with E-state index in [0.717, 1.165) is 11.1 Å². The highest BCUT2D eigenvalue weighted by Gasteiger charge is 2.05. The minimum absolute atomic E-state index is 0. The topological polar surface area (TPSA) is 41.5 Å². The molecule has 0 aliphatic carbocycles. The van der Waals surface area contributed by atoms with Crippen LogP contribution in [0.25, 0.3) is 0 Å². The highest BCUT2D eigenvalue weighted by Crippen LogP contribution is 2.23. The summed E-state index contributed by atoms with van der Waals surface area (Å²) < 4.78 is 18.6. The van der Waals surface area contributed by atoms with Gasteiger partial charge in [0.2, 0.25) is 0 Å². The zero-order valence-electron chi connectivity index (χ0n) is 11.9. The van der Waals surface area contributed by atoms with Gasteiger partial charge in [-0.25, -0.2) is 4.39 Å². The Bertz CT molecular complexity index is 579. The van der Waals surface area contributed by atoms with Crippen LogP contribution >= 0.6 is 24.0 Å². The summed E-state index contributed by atoms with van der Waals surface area (Å²) in [6.45, 7) is 1.49. The monoisotopic (exact) mass is 345 g/mol. The Balaban J connectivity index is 0.00000242. The molecule has 0 atom stereocenters. The molecule has 2 aromatic carbocycles. The van der Waals surface area contributed by atoms with Gasteiger partial charge in [-0.15, -0.1) is 12.4 Å². The van der Waals surface area contributed by atoms with Crippen LogP contribution in [0.2, 0.25) is 5.02 Å². The summed E-state index contributed by atoms with van der Waals surface area (Å²) in [7, 11) is 0. The molecule has 0 heterocycles. The Labute approximate surface area is 140 Å².